The van der Waals surface area contributed by atoms with E-state index in [0.29, 0.717) is 5.82 Å². The van der Waals surface area contributed by atoms with Crippen molar-refractivity contribution in [2.45, 2.75) is 13.5 Å². The molecule has 2 aromatic rings. The first kappa shape index (κ1) is 14.4. The van der Waals surface area contributed by atoms with Gasteiger partial charge in [-0.25, -0.2) is 14.3 Å². The average Bonchev–Trinajstić information content (AvgIpc) is 2.81. The van der Waals surface area contributed by atoms with Crippen LogP contribution >= 0.6 is 0 Å². The van der Waals surface area contributed by atoms with Gasteiger partial charge < -0.3 is 20.0 Å². The molecule has 2 aromatic heterocycles. The van der Waals surface area contributed by atoms with Crippen LogP contribution in [0.25, 0.3) is 0 Å². The Labute approximate surface area is 119 Å². The van der Waals surface area contributed by atoms with Gasteiger partial charge in [0.05, 0.1) is 6.20 Å². The maximum Gasteiger partial charge on any atom is 0.342 e. The number of carboxylic acids is 1. The number of aromatic carboxylic acids is 1. The highest BCUT2D eigenvalue weighted by atomic mass is 16.6. The van der Waals surface area contributed by atoms with E-state index in [9.17, 15) is 14.9 Å². The second-order valence-corrected chi connectivity index (χ2v) is 4.10. The van der Waals surface area contributed by atoms with E-state index < -0.39 is 10.9 Å². The van der Waals surface area contributed by atoms with Gasteiger partial charge in [-0.2, -0.15) is 0 Å². The topological polar surface area (TPSA) is 120 Å². The van der Waals surface area contributed by atoms with Crippen LogP contribution in [0.5, 0.6) is 5.75 Å². The molecule has 0 fully saturated rings. The summed E-state index contributed by atoms with van der Waals surface area (Å²) in [6.45, 7) is 1.87. The molecule has 0 radical (unpaired) electrons. The van der Waals surface area contributed by atoms with E-state index in [-0.39, 0.29) is 30.3 Å². The molecule has 0 aliphatic carbocycles. The Hall–Kier alpha value is -2.97. The second-order valence-electron chi connectivity index (χ2n) is 4.10. The zero-order valence-electron chi connectivity index (χ0n) is 11.1. The van der Waals surface area contributed by atoms with E-state index in [1.807, 2.05) is 0 Å². The molecular weight excluding hydrogens is 280 g/mol. The van der Waals surface area contributed by atoms with Crippen LogP contribution in [-0.4, -0.2) is 37.1 Å². The van der Waals surface area contributed by atoms with Crippen LogP contribution in [0.2, 0.25) is 0 Å². The summed E-state index contributed by atoms with van der Waals surface area (Å²) in [4.78, 5) is 29.0. The third-order valence-corrected chi connectivity index (χ3v) is 2.81. The quantitative estimate of drug-likeness (QED) is 0.628. The molecule has 110 valence electrons. The number of nitrogens with zero attached hydrogens (tertiary/aromatic N) is 4. The summed E-state index contributed by atoms with van der Waals surface area (Å²) in [6.07, 6.45) is 3.81. The highest BCUT2D eigenvalue weighted by Crippen LogP contribution is 2.17. The van der Waals surface area contributed by atoms with Gasteiger partial charge in [0.15, 0.2) is 11.6 Å². The normalized spacial score (nSPS) is 10.3. The van der Waals surface area contributed by atoms with Gasteiger partial charge in [-0.1, -0.05) is 0 Å². The molecule has 0 aromatic carbocycles. The van der Waals surface area contributed by atoms with Crippen molar-refractivity contribution < 1.29 is 19.6 Å². The Kier molecular flexibility index (Phi) is 4.12. The summed E-state index contributed by atoms with van der Waals surface area (Å²) in [7, 11) is 0. The average molecular weight is 292 g/mol. The monoisotopic (exact) mass is 292 g/mol. The van der Waals surface area contributed by atoms with Crippen LogP contribution in [-0.2, 0) is 6.54 Å². The Morgan fingerprint density at radius 3 is 2.95 bits per heavy atom. The number of ether oxygens (including phenoxy) is 1. The third kappa shape index (κ3) is 3.14. The number of imidazole rings is 1. The molecule has 0 spiro atoms. The van der Waals surface area contributed by atoms with Crippen molar-refractivity contribution >= 4 is 11.8 Å². The summed E-state index contributed by atoms with van der Waals surface area (Å²) in [5.41, 5.74) is -0.0122. The lowest BCUT2D eigenvalue weighted by Crippen LogP contribution is -2.13. The minimum absolute atomic E-state index is 0.0122. The van der Waals surface area contributed by atoms with Gasteiger partial charge in [-0.05, 0) is 11.0 Å². The zero-order chi connectivity index (χ0) is 15.4. The SMILES string of the molecule is Cc1ncc([N+](=O)[O-])n1CCOc1cnccc1C(=O)O. The first-order valence-corrected chi connectivity index (χ1v) is 5.97. The first-order chi connectivity index (χ1) is 10.0. The summed E-state index contributed by atoms with van der Waals surface area (Å²) in [5, 5.41) is 19.8. The van der Waals surface area contributed by atoms with E-state index in [4.69, 9.17) is 9.84 Å². The van der Waals surface area contributed by atoms with Gasteiger partial charge >= 0.3 is 11.8 Å². The Morgan fingerprint density at radius 1 is 1.52 bits per heavy atom. The van der Waals surface area contributed by atoms with E-state index in [0.717, 1.165) is 0 Å². The minimum Gasteiger partial charge on any atom is -0.487 e. The lowest BCUT2D eigenvalue weighted by Gasteiger charge is -2.08. The highest BCUT2D eigenvalue weighted by Gasteiger charge is 2.17. The smallest absolute Gasteiger partial charge is 0.342 e. The number of hydrogen-bond acceptors (Lipinski definition) is 6. The number of aromatic nitrogens is 3. The van der Waals surface area contributed by atoms with Crippen molar-refractivity contribution in [3.8, 4) is 5.75 Å². The molecule has 0 aliphatic heterocycles. The molecule has 0 unspecified atom stereocenters. The molecule has 0 aliphatic rings. The van der Waals surface area contributed by atoms with E-state index >= 15 is 0 Å². The molecule has 9 heteroatoms. The number of pyridine rings is 1. The molecule has 9 nitrogen and oxygen atoms in total. The summed E-state index contributed by atoms with van der Waals surface area (Å²) >= 11 is 0. The van der Waals surface area contributed by atoms with Crippen LogP contribution in [0.1, 0.15) is 16.2 Å². The van der Waals surface area contributed by atoms with Crippen molar-refractivity contribution in [2.24, 2.45) is 0 Å². The maximum atomic E-state index is 11.0. The lowest BCUT2D eigenvalue weighted by atomic mass is 10.2. The van der Waals surface area contributed by atoms with Crippen LogP contribution in [0.4, 0.5) is 5.82 Å². The van der Waals surface area contributed by atoms with Crippen molar-refractivity contribution in [3.63, 3.8) is 0 Å². The summed E-state index contributed by atoms with van der Waals surface area (Å²) in [6, 6.07) is 1.32. The molecule has 0 amide bonds. The van der Waals surface area contributed by atoms with Crippen molar-refractivity contribution in [3.05, 3.63) is 46.2 Å². The molecule has 2 heterocycles. The summed E-state index contributed by atoms with van der Waals surface area (Å²) < 4.78 is 6.73. The molecule has 21 heavy (non-hydrogen) atoms. The number of rotatable bonds is 6. The van der Waals surface area contributed by atoms with Gasteiger partial charge in [-0.3, -0.25) is 4.98 Å². The number of hydrogen-bond donors (Lipinski definition) is 1. The number of nitro groups is 1. The predicted octanol–water partition coefficient (Wildman–Crippen LogP) is 1.27. The molecule has 0 saturated carbocycles. The molecule has 2 rings (SSSR count). The van der Waals surface area contributed by atoms with Gasteiger partial charge in [0.25, 0.3) is 0 Å². The van der Waals surface area contributed by atoms with E-state index in [1.165, 1.54) is 29.2 Å². The second kappa shape index (κ2) is 5.99. The van der Waals surface area contributed by atoms with Crippen LogP contribution in [0, 0.1) is 17.0 Å². The van der Waals surface area contributed by atoms with Crippen LogP contribution < -0.4 is 4.74 Å². The van der Waals surface area contributed by atoms with Crippen molar-refractivity contribution in [2.75, 3.05) is 6.61 Å². The van der Waals surface area contributed by atoms with Gasteiger partial charge in [0.2, 0.25) is 0 Å². The van der Waals surface area contributed by atoms with Gasteiger partial charge in [-0.15, -0.1) is 0 Å². The Morgan fingerprint density at radius 2 is 2.29 bits per heavy atom. The van der Waals surface area contributed by atoms with Gasteiger partial charge in [0, 0.05) is 13.1 Å². The standard InChI is InChI=1S/C12H12N4O5/c1-8-14-7-11(16(19)20)15(8)4-5-21-10-6-13-3-2-9(10)12(17)18/h2-3,6-7H,4-5H2,1H3,(H,17,18). The molecular formula is C12H12N4O5. The van der Waals surface area contributed by atoms with Crippen molar-refractivity contribution in [1.82, 2.24) is 14.5 Å². The predicted molar refractivity (Wildman–Crippen MR) is 70.3 cm³/mol. The van der Waals surface area contributed by atoms with Crippen molar-refractivity contribution in [1.29, 1.82) is 0 Å². The fraction of sp³-hybridized carbons (Fsp3) is 0.250. The molecule has 0 bridgehead atoms. The van der Waals surface area contributed by atoms with E-state index in [1.54, 1.807) is 6.92 Å². The van der Waals surface area contributed by atoms with Crippen LogP contribution in [0.15, 0.2) is 24.7 Å². The van der Waals surface area contributed by atoms with Crippen LogP contribution in [0.3, 0.4) is 0 Å². The van der Waals surface area contributed by atoms with Gasteiger partial charge in [0.1, 0.15) is 24.9 Å². The van der Waals surface area contributed by atoms with E-state index in [2.05, 4.69) is 9.97 Å². The third-order valence-electron chi connectivity index (χ3n) is 2.81. The molecule has 0 saturated heterocycles. The Bertz CT molecular complexity index is 682. The minimum atomic E-state index is -1.13. The fourth-order valence-electron chi connectivity index (χ4n) is 1.80. The fourth-order valence-corrected chi connectivity index (χ4v) is 1.80. The zero-order valence-corrected chi connectivity index (χ0v) is 11.1. The maximum absolute atomic E-state index is 11.0. The first-order valence-electron chi connectivity index (χ1n) is 5.97. The number of carbonyl (C=O) groups is 1. The Balaban J connectivity index is 2.07. The number of carboxylic acid groups (broad SMARTS) is 1. The largest absolute Gasteiger partial charge is 0.487 e. The lowest BCUT2D eigenvalue weighted by molar-refractivity contribution is -0.392. The highest BCUT2D eigenvalue weighted by molar-refractivity contribution is 5.90. The molecule has 1 N–H and O–H groups in total. The summed E-state index contributed by atoms with van der Waals surface area (Å²) in [5.74, 6) is -0.668. The molecule has 0 atom stereocenters. The number of aryl methyl sites for hydroxylation is 1.